The molecule has 0 aliphatic carbocycles. The van der Waals surface area contributed by atoms with E-state index < -0.39 is 5.97 Å². The number of aromatic carboxylic acids is 1. The maximum Gasteiger partial charge on any atom is 0.335 e. The van der Waals surface area contributed by atoms with Gasteiger partial charge in [-0.15, -0.1) is 0 Å². The number of carboxylic acid groups (broad SMARTS) is 1. The van der Waals surface area contributed by atoms with E-state index in [1.807, 2.05) is 0 Å². The Morgan fingerprint density at radius 3 is 2.30 bits per heavy atom. The number of carboxylic acids is 1. The SMILES string of the molecule is CC(C)CCOCCOc1c(Br)cc(C(=O)O)cc1Br. The van der Waals surface area contributed by atoms with Gasteiger partial charge >= 0.3 is 5.97 Å². The molecule has 20 heavy (non-hydrogen) atoms. The zero-order chi connectivity index (χ0) is 15.1. The first-order chi connectivity index (χ1) is 9.41. The largest absolute Gasteiger partial charge is 0.489 e. The van der Waals surface area contributed by atoms with Gasteiger partial charge in [-0.2, -0.15) is 0 Å². The monoisotopic (exact) mass is 408 g/mol. The number of hydrogen-bond donors (Lipinski definition) is 1. The number of carbonyl (C=O) groups is 1. The third-order valence-electron chi connectivity index (χ3n) is 2.56. The zero-order valence-corrected chi connectivity index (χ0v) is 14.7. The molecule has 0 saturated heterocycles. The van der Waals surface area contributed by atoms with Gasteiger partial charge in [-0.3, -0.25) is 0 Å². The molecule has 0 fully saturated rings. The van der Waals surface area contributed by atoms with E-state index in [0.717, 1.165) is 13.0 Å². The minimum absolute atomic E-state index is 0.198. The maximum absolute atomic E-state index is 10.9. The van der Waals surface area contributed by atoms with Gasteiger partial charge in [0.05, 0.1) is 21.1 Å². The zero-order valence-electron chi connectivity index (χ0n) is 11.5. The van der Waals surface area contributed by atoms with Crippen molar-refractivity contribution < 1.29 is 19.4 Å². The summed E-state index contributed by atoms with van der Waals surface area (Å²) >= 11 is 6.62. The predicted octanol–water partition coefficient (Wildman–Crippen LogP) is 4.35. The lowest BCUT2D eigenvalue weighted by atomic mass is 10.1. The summed E-state index contributed by atoms with van der Waals surface area (Å²) in [6.07, 6.45) is 1.03. The summed E-state index contributed by atoms with van der Waals surface area (Å²) in [5.74, 6) is 0.236. The van der Waals surface area contributed by atoms with E-state index >= 15 is 0 Å². The third-order valence-corrected chi connectivity index (χ3v) is 3.74. The Balaban J connectivity index is 2.46. The highest BCUT2D eigenvalue weighted by atomic mass is 79.9. The van der Waals surface area contributed by atoms with Crippen molar-refractivity contribution in [3.05, 3.63) is 26.6 Å². The van der Waals surface area contributed by atoms with E-state index in [-0.39, 0.29) is 5.56 Å². The van der Waals surface area contributed by atoms with Crippen LogP contribution in [0.3, 0.4) is 0 Å². The van der Waals surface area contributed by atoms with Gasteiger partial charge in [0.25, 0.3) is 0 Å². The van der Waals surface area contributed by atoms with Crippen LogP contribution >= 0.6 is 31.9 Å². The molecule has 112 valence electrons. The van der Waals surface area contributed by atoms with Gasteiger partial charge in [0.1, 0.15) is 12.4 Å². The summed E-state index contributed by atoms with van der Waals surface area (Å²) < 4.78 is 12.3. The van der Waals surface area contributed by atoms with Crippen molar-refractivity contribution in [1.82, 2.24) is 0 Å². The van der Waals surface area contributed by atoms with Gasteiger partial charge in [-0.05, 0) is 56.3 Å². The van der Waals surface area contributed by atoms with Crippen molar-refractivity contribution in [2.24, 2.45) is 5.92 Å². The average molecular weight is 410 g/mol. The highest BCUT2D eigenvalue weighted by Crippen LogP contribution is 2.34. The summed E-state index contributed by atoms with van der Waals surface area (Å²) in [7, 11) is 0. The lowest BCUT2D eigenvalue weighted by Gasteiger charge is -2.12. The first-order valence-electron chi connectivity index (χ1n) is 6.34. The number of halogens is 2. The van der Waals surface area contributed by atoms with Crippen molar-refractivity contribution in [1.29, 1.82) is 0 Å². The van der Waals surface area contributed by atoms with E-state index in [2.05, 4.69) is 45.7 Å². The Bertz CT molecular complexity index is 437. The summed E-state index contributed by atoms with van der Waals surface area (Å²) in [4.78, 5) is 10.9. The fraction of sp³-hybridized carbons (Fsp3) is 0.500. The molecular weight excluding hydrogens is 392 g/mol. The van der Waals surface area contributed by atoms with Crippen LogP contribution in [0.25, 0.3) is 0 Å². The summed E-state index contributed by atoms with van der Waals surface area (Å²) in [6, 6.07) is 3.03. The standard InChI is InChI=1S/C14H18Br2O4/c1-9(2)3-4-19-5-6-20-13-11(15)7-10(14(17)18)8-12(13)16/h7-9H,3-6H2,1-2H3,(H,17,18). The lowest BCUT2D eigenvalue weighted by Crippen LogP contribution is -2.09. The molecule has 0 amide bonds. The Labute approximate surface area is 135 Å². The summed E-state index contributed by atoms with van der Waals surface area (Å²) in [6.45, 7) is 5.95. The van der Waals surface area contributed by atoms with Crippen molar-refractivity contribution in [3.8, 4) is 5.75 Å². The molecule has 0 spiro atoms. The highest BCUT2D eigenvalue weighted by molar-refractivity contribution is 9.11. The third kappa shape index (κ3) is 5.81. The average Bonchev–Trinajstić information content (AvgIpc) is 2.35. The molecule has 6 heteroatoms. The molecule has 0 aliphatic rings. The molecule has 0 atom stereocenters. The Hall–Kier alpha value is -0.590. The molecule has 0 saturated carbocycles. The van der Waals surface area contributed by atoms with Gasteiger partial charge in [-0.1, -0.05) is 13.8 Å². The predicted molar refractivity (Wildman–Crippen MR) is 84.6 cm³/mol. The molecule has 0 aliphatic heterocycles. The van der Waals surface area contributed by atoms with Gasteiger partial charge in [0.2, 0.25) is 0 Å². The van der Waals surface area contributed by atoms with Gasteiger partial charge in [0.15, 0.2) is 0 Å². The van der Waals surface area contributed by atoms with E-state index in [9.17, 15) is 4.79 Å². The van der Waals surface area contributed by atoms with Gasteiger partial charge < -0.3 is 14.6 Å². The second-order valence-electron chi connectivity index (χ2n) is 4.72. The van der Waals surface area contributed by atoms with E-state index in [0.29, 0.717) is 33.8 Å². The summed E-state index contributed by atoms with van der Waals surface area (Å²) in [5.41, 5.74) is 0.198. The number of ether oxygens (including phenoxy) is 2. The molecule has 0 aromatic heterocycles. The molecule has 1 aromatic carbocycles. The quantitative estimate of drug-likeness (QED) is 0.648. The van der Waals surface area contributed by atoms with Crippen LogP contribution in [0.15, 0.2) is 21.1 Å². The Morgan fingerprint density at radius 2 is 1.80 bits per heavy atom. The molecule has 0 bridgehead atoms. The first-order valence-corrected chi connectivity index (χ1v) is 7.93. The van der Waals surface area contributed by atoms with Crippen LogP contribution < -0.4 is 4.74 Å². The maximum atomic E-state index is 10.9. The fourth-order valence-corrected chi connectivity index (χ4v) is 2.86. The number of rotatable bonds is 8. The molecular formula is C14H18Br2O4. The van der Waals surface area contributed by atoms with Crippen LogP contribution in [0.5, 0.6) is 5.75 Å². The van der Waals surface area contributed by atoms with Crippen LogP contribution in [0.4, 0.5) is 0 Å². The lowest BCUT2D eigenvalue weighted by molar-refractivity contribution is 0.0696. The molecule has 4 nitrogen and oxygen atoms in total. The molecule has 1 N–H and O–H groups in total. The molecule has 0 radical (unpaired) electrons. The van der Waals surface area contributed by atoms with E-state index in [1.54, 1.807) is 0 Å². The topological polar surface area (TPSA) is 55.8 Å². The minimum Gasteiger partial charge on any atom is -0.489 e. The van der Waals surface area contributed by atoms with E-state index in [1.165, 1.54) is 12.1 Å². The number of benzene rings is 1. The van der Waals surface area contributed by atoms with E-state index in [4.69, 9.17) is 14.6 Å². The first kappa shape index (κ1) is 17.5. The molecule has 0 unspecified atom stereocenters. The second-order valence-corrected chi connectivity index (χ2v) is 6.43. The van der Waals surface area contributed by atoms with Crippen LogP contribution in [0.1, 0.15) is 30.6 Å². The van der Waals surface area contributed by atoms with Crippen LogP contribution in [-0.2, 0) is 4.74 Å². The minimum atomic E-state index is -0.977. The molecule has 1 rings (SSSR count). The molecule has 0 heterocycles. The van der Waals surface area contributed by atoms with Crippen molar-refractivity contribution >= 4 is 37.8 Å². The van der Waals surface area contributed by atoms with Crippen LogP contribution in [-0.4, -0.2) is 30.9 Å². The van der Waals surface area contributed by atoms with Gasteiger partial charge in [-0.25, -0.2) is 4.79 Å². The normalized spacial score (nSPS) is 10.8. The fourth-order valence-electron chi connectivity index (χ4n) is 1.45. The van der Waals surface area contributed by atoms with Gasteiger partial charge in [0, 0.05) is 6.61 Å². The Kier molecular flexibility index (Phi) is 7.55. The van der Waals surface area contributed by atoms with Crippen LogP contribution in [0.2, 0.25) is 0 Å². The highest BCUT2D eigenvalue weighted by Gasteiger charge is 2.12. The van der Waals surface area contributed by atoms with Crippen molar-refractivity contribution in [2.45, 2.75) is 20.3 Å². The second kappa shape index (κ2) is 8.64. The Morgan fingerprint density at radius 1 is 1.20 bits per heavy atom. The van der Waals surface area contributed by atoms with Crippen molar-refractivity contribution in [3.63, 3.8) is 0 Å². The number of hydrogen-bond acceptors (Lipinski definition) is 3. The smallest absolute Gasteiger partial charge is 0.335 e. The van der Waals surface area contributed by atoms with Crippen LogP contribution in [0, 0.1) is 5.92 Å². The summed E-state index contributed by atoms with van der Waals surface area (Å²) in [5, 5.41) is 8.94. The van der Waals surface area contributed by atoms with Crippen molar-refractivity contribution in [2.75, 3.05) is 19.8 Å². The molecule has 1 aromatic rings.